The molecule has 0 saturated carbocycles. The van der Waals surface area contributed by atoms with Gasteiger partial charge < -0.3 is 10.4 Å². The van der Waals surface area contributed by atoms with Crippen LogP contribution in [0.15, 0.2) is 30.6 Å². The first-order valence-electron chi connectivity index (χ1n) is 5.16. The van der Waals surface area contributed by atoms with Gasteiger partial charge in [-0.05, 0) is 18.1 Å². The minimum Gasteiger partial charge on any atom is -0.384 e. The van der Waals surface area contributed by atoms with E-state index in [-0.39, 0.29) is 12.5 Å². The van der Waals surface area contributed by atoms with Crippen LogP contribution < -0.4 is 5.32 Å². The van der Waals surface area contributed by atoms with Crippen LogP contribution in [-0.4, -0.2) is 32.8 Å². The average Bonchev–Trinajstić information content (AvgIpc) is 2.91. The summed E-state index contributed by atoms with van der Waals surface area (Å²) in [7, 11) is 0. The molecule has 2 heterocycles. The maximum atomic E-state index is 11.7. The number of anilines is 1. The number of hydrogen-bond acceptors (Lipinski definition) is 4. The van der Waals surface area contributed by atoms with Crippen molar-refractivity contribution in [2.75, 3.05) is 11.9 Å². The number of carbonyl (C=O) groups excluding carboxylic acids is 1. The van der Waals surface area contributed by atoms with Crippen molar-refractivity contribution in [3.8, 4) is 11.8 Å². The molecule has 0 radical (unpaired) electrons. The van der Waals surface area contributed by atoms with E-state index in [0.717, 1.165) is 0 Å². The van der Waals surface area contributed by atoms with Crippen molar-refractivity contribution in [1.82, 2.24) is 15.2 Å². The number of aliphatic hydroxyl groups excluding tert-OH is 1. The third-order valence-corrected chi connectivity index (χ3v) is 2.05. The molecule has 2 aromatic rings. The van der Waals surface area contributed by atoms with Crippen LogP contribution in [0.1, 0.15) is 16.1 Å². The number of aromatic nitrogens is 3. The Bertz CT molecular complexity index is 596. The van der Waals surface area contributed by atoms with E-state index in [1.54, 1.807) is 18.2 Å². The van der Waals surface area contributed by atoms with Crippen LogP contribution in [0.25, 0.3) is 0 Å². The van der Waals surface area contributed by atoms with E-state index in [4.69, 9.17) is 5.11 Å². The normalized spacial score (nSPS) is 9.39. The molecule has 18 heavy (non-hydrogen) atoms. The van der Waals surface area contributed by atoms with Crippen molar-refractivity contribution in [2.45, 2.75) is 0 Å². The molecule has 0 aliphatic carbocycles. The summed E-state index contributed by atoms with van der Waals surface area (Å²) in [6, 6.07) is 5.07. The van der Waals surface area contributed by atoms with Gasteiger partial charge >= 0.3 is 0 Å². The molecule has 2 aromatic heterocycles. The molecule has 3 N–H and O–H groups in total. The highest BCUT2D eigenvalue weighted by atomic mass is 16.2. The predicted molar refractivity (Wildman–Crippen MR) is 64.7 cm³/mol. The SMILES string of the molecule is O=C(Nc1cccc(C#CCO)n1)c1cn[nH]c1. The predicted octanol–water partition coefficient (Wildman–Crippen LogP) is 0.401. The second kappa shape index (κ2) is 5.61. The van der Waals surface area contributed by atoms with Crippen LogP contribution in [0.2, 0.25) is 0 Å². The Hall–Kier alpha value is -2.65. The number of aliphatic hydroxyl groups is 1. The van der Waals surface area contributed by atoms with Gasteiger partial charge in [0.25, 0.3) is 5.91 Å². The van der Waals surface area contributed by atoms with Crippen LogP contribution in [-0.2, 0) is 0 Å². The minimum absolute atomic E-state index is 0.229. The van der Waals surface area contributed by atoms with Gasteiger partial charge in [0.1, 0.15) is 18.1 Å². The molecule has 0 saturated heterocycles. The molecule has 0 unspecified atom stereocenters. The number of nitrogens with one attached hydrogen (secondary N) is 2. The summed E-state index contributed by atoms with van der Waals surface area (Å²) in [6.07, 6.45) is 2.91. The number of rotatable bonds is 2. The maximum Gasteiger partial charge on any atom is 0.259 e. The highest BCUT2D eigenvalue weighted by Gasteiger charge is 2.07. The monoisotopic (exact) mass is 242 g/mol. The largest absolute Gasteiger partial charge is 0.384 e. The highest BCUT2D eigenvalue weighted by Crippen LogP contribution is 2.06. The van der Waals surface area contributed by atoms with Crippen LogP contribution >= 0.6 is 0 Å². The Kier molecular flexibility index (Phi) is 3.69. The molecule has 6 nitrogen and oxygen atoms in total. The van der Waals surface area contributed by atoms with Crippen LogP contribution in [0.4, 0.5) is 5.82 Å². The molecule has 0 atom stereocenters. The fourth-order valence-electron chi connectivity index (χ4n) is 1.27. The van der Waals surface area contributed by atoms with Gasteiger partial charge in [-0.3, -0.25) is 9.89 Å². The topological polar surface area (TPSA) is 90.9 Å². The zero-order valence-corrected chi connectivity index (χ0v) is 9.34. The summed E-state index contributed by atoms with van der Waals surface area (Å²) in [5.74, 6) is 5.24. The van der Waals surface area contributed by atoms with Gasteiger partial charge in [-0.2, -0.15) is 5.10 Å². The fourth-order valence-corrected chi connectivity index (χ4v) is 1.27. The smallest absolute Gasteiger partial charge is 0.259 e. The Morgan fingerprint density at radius 2 is 2.39 bits per heavy atom. The molecule has 6 heteroatoms. The third kappa shape index (κ3) is 2.93. The van der Waals surface area contributed by atoms with Crippen molar-refractivity contribution in [3.63, 3.8) is 0 Å². The lowest BCUT2D eigenvalue weighted by molar-refractivity contribution is 0.102. The number of hydrogen-bond donors (Lipinski definition) is 3. The van der Waals surface area contributed by atoms with E-state index in [2.05, 4.69) is 32.3 Å². The van der Waals surface area contributed by atoms with Gasteiger partial charge in [-0.15, -0.1) is 0 Å². The fraction of sp³-hybridized carbons (Fsp3) is 0.0833. The molecule has 90 valence electrons. The van der Waals surface area contributed by atoms with Gasteiger partial charge in [-0.1, -0.05) is 12.0 Å². The Morgan fingerprint density at radius 3 is 3.11 bits per heavy atom. The second-order valence-corrected chi connectivity index (χ2v) is 3.31. The first kappa shape index (κ1) is 11.8. The standard InChI is InChI=1S/C12H10N4O2/c17-6-2-4-10-3-1-5-11(15-10)16-12(18)9-7-13-14-8-9/h1,3,5,7-8,17H,6H2,(H,13,14)(H,15,16,18). The van der Waals surface area contributed by atoms with E-state index >= 15 is 0 Å². The van der Waals surface area contributed by atoms with Gasteiger partial charge in [0.15, 0.2) is 0 Å². The second-order valence-electron chi connectivity index (χ2n) is 3.31. The summed E-state index contributed by atoms with van der Waals surface area (Å²) in [5, 5.41) is 17.4. The number of carbonyl (C=O) groups is 1. The van der Waals surface area contributed by atoms with Crippen LogP contribution in [0.3, 0.4) is 0 Å². The summed E-state index contributed by atoms with van der Waals surface area (Å²) in [5.41, 5.74) is 0.901. The lowest BCUT2D eigenvalue weighted by Gasteiger charge is -2.02. The number of pyridine rings is 1. The first-order valence-corrected chi connectivity index (χ1v) is 5.16. The van der Waals surface area contributed by atoms with Gasteiger partial charge in [-0.25, -0.2) is 4.98 Å². The number of H-pyrrole nitrogens is 1. The Balaban J connectivity index is 2.12. The lowest BCUT2D eigenvalue weighted by Crippen LogP contribution is -2.12. The zero-order chi connectivity index (χ0) is 12.8. The van der Waals surface area contributed by atoms with Gasteiger partial charge in [0.05, 0.1) is 11.8 Å². The van der Waals surface area contributed by atoms with E-state index in [1.165, 1.54) is 12.4 Å². The van der Waals surface area contributed by atoms with Crippen molar-refractivity contribution in [1.29, 1.82) is 0 Å². The summed E-state index contributed by atoms with van der Waals surface area (Å²) < 4.78 is 0. The summed E-state index contributed by atoms with van der Waals surface area (Å²) in [6.45, 7) is -0.229. The Labute approximate surface area is 103 Å². The molecular weight excluding hydrogens is 232 g/mol. The quantitative estimate of drug-likeness (QED) is 0.665. The number of aromatic amines is 1. The maximum absolute atomic E-state index is 11.7. The molecule has 0 spiro atoms. The van der Waals surface area contributed by atoms with Crippen molar-refractivity contribution in [2.24, 2.45) is 0 Å². The lowest BCUT2D eigenvalue weighted by atomic mass is 10.3. The molecule has 0 aliphatic heterocycles. The van der Waals surface area contributed by atoms with Crippen molar-refractivity contribution in [3.05, 3.63) is 41.9 Å². The summed E-state index contributed by atoms with van der Waals surface area (Å²) >= 11 is 0. The summed E-state index contributed by atoms with van der Waals surface area (Å²) in [4.78, 5) is 15.8. The number of nitrogens with zero attached hydrogens (tertiary/aromatic N) is 2. The molecular formula is C12H10N4O2. The number of amides is 1. The highest BCUT2D eigenvalue weighted by molar-refractivity contribution is 6.03. The van der Waals surface area contributed by atoms with Gasteiger partial charge in [0.2, 0.25) is 0 Å². The molecule has 1 amide bonds. The minimum atomic E-state index is -0.302. The van der Waals surface area contributed by atoms with Crippen molar-refractivity contribution < 1.29 is 9.90 Å². The van der Waals surface area contributed by atoms with Crippen LogP contribution in [0, 0.1) is 11.8 Å². The first-order chi connectivity index (χ1) is 8.79. The Morgan fingerprint density at radius 1 is 1.50 bits per heavy atom. The van der Waals surface area contributed by atoms with E-state index in [9.17, 15) is 4.79 Å². The molecule has 0 bridgehead atoms. The van der Waals surface area contributed by atoms with Gasteiger partial charge in [0, 0.05) is 6.20 Å². The molecule has 0 aliphatic rings. The van der Waals surface area contributed by atoms with E-state index in [1.807, 2.05) is 0 Å². The van der Waals surface area contributed by atoms with E-state index in [0.29, 0.717) is 17.1 Å². The zero-order valence-electron chi connectivity index (χ0n) is 9.34. The molecule has 0 fully saturated rings. The molecule has 2 rings (SSSR count). The molecule has 0 aromatic carbocycles. The average molecular weight is 242 g/mol. The van der Waals surface area contributed by atoms with Crippen LogP contribution in [0.5, 0.6) is 0 Å². The third-order valence-electron chi connectivity index (χ3n) is 2.05. The van der Waals surface area contributed by atoms with E-state index < -0.39 is 0 Å². The van der Waals surface area contributed by atoms with Crippen molar-refractivity contribution >= 4 is 11.7 Å².